The second kappa shape index (κ2) is 4.72. The summed E-state index contributed by atoms with van der Waals surface area (Å²) in [6.07, 6.45) is 1.52. The van der Waals surface area contributed by atoms with E-state index in [2.05, 4.69) is 4.98 Å². The van der Waals surface area contributed by atoms with Crippen LogP contribution in [0.2, 0.25) is 0 Å². The topological polar surface area (TPSA) is 87.1 Å². The van der Waals surface area contributed by atoms with Gasteiger partial charge in [0.15, 0.2) is 10.8 Å². The molecule has 2 heterocycles. The zero-order chi connectivity index (χ0) is 12.3. The lowest BCUT2D eigenvalue weighted by atomic mass is 10.4. The molecule has 0 aromatic carbocycles. The van der Waals surface area contributed by atoms with Crippen LogP contribution in [0.1, 0.15) is 16.2 Å². The van der Waals surface area contributed by atoms with Gasteiger partial charge in [-0.3, -0.25) is 0 Å². The third-order valence-corrected chi connectivity index (χ3v) is 2.85. The molecule has 0 aliphatic carbocycles. The van der Waals surface area contributed by atoms with Crippen LogP contribution in [0, 0.1) is 11.3 Å². The number of carboxylic acids is 1. The normalized spacial score (nSPS) is 9.82. The Hall–Kier alpha value is -2.26. The molecule has 0 atom stereocenters. The third-order valence-electron chi connectivity index (χ3n) is 1.88. The summed E-state index contributed by atoms with van der Waals surface area (Å²) >= 11 is 1.16. The van der Waals surface area contributed by atoms with Crippen molar-refractivity contribution in [3.63, 3.8) is 0 Å². The average Bonchev–Trinajstić information content (AvgIpc) is 2.78. The minimum atomic E-state index is -1.12. The molecule has 5 nitrogen and oxygen atoms in total. The number of rotatable bonds is 3. The van der Waals surface area contributed by atoms with Crippen LogP contribution < -0.4 is 0 Å². The van der Waals surface area contributed by atoms with Crippen LogP contribution in [0.3, 0.4) is 0 Å². The molecule has 1 N–H and O–H groups in total. The number of hydrogen-bond donors (Lipinski definition) is 1. The number of aromatic carboxylic acids is 1. The lowest BCUT2D eigenvalue weighted by molar-refractivity contribution is 0.0656. The number of hydrogen-bond acceptors (Lipinski definition) is 5. The van der Waals surface area contributed by atoms with Gasteiger partial charge in [0.25, 0.3) is 0 Å². The van der Waals surface area contributed by atoms with Gasteiger partial charge in [0.1, 0.15) is 6.07 Å². The van der Waals surface area contributed by atoms with Gasteiger partial charge in [-0.1, -0.05) is 0 Å². The fourth-order valence-electron chi connectivity index (χ4n) is 1.16. The van der Waals surface area contributed by atoms with E-state index in [-0.39, 0.29) is 11.5 Å². The number of nitriles is 1. The molecule has 0 amide bonds. The first kappa shape index (κ1) is 11.2. The number of carbonyl (C=O) groups is 1. The van der Waals surface area contributed by atoms with Crippen molar-refractivity contribution in [1.29, 1.82) is 5.26 Å². The summed E-state index contributed by atoms with van der Waals surface area (Å²) in [4.78, 5) is 15.1. The van der Waals surface area contributed by atoms with E-state index in [1.807, 2.05) is 6.07 Å². The van der Waals surface area contributed by atoms with Gasteiger partial charge in [-0.05, 0) is 36.0 Å². The van der Waals surface area contributed by atoms with Gasteiger partial charge in [-0.2, -0.15) is 5.26 Å². The van der Waals surface area contributed by atoms with Crippen LogP contribution in [0.5, 0.6) is 0 Å². The summed E-state index contributed by atoms with van der Waals surface area (Å²) in [5.41, 5.74) is 0.283. The lowest BCUT2D eigenvalue weighted by Crippen LogP contribution is -1.91. The molecule has 2 rings (SSSR count). The average molecular weight is 246 g/mol. The maximum atomic E-state index is 10.6. The van der Waals surface area contributed by atoms with Gasteiger partial charge < -0.3 is 9.52 Å². The maximum absolute atomic E-state index is 10.6. The summed E-state index contributed by atoms with van der Waals surface area (Å²) in [6.45, 7) is 0. The Labute approximate surface area is 101 Å². The zero-order valence-electron chi connectivity index (χ0n) is 8.45. The minimum absolute atomic E-state index is 0.130. The van der Waals surface area contributed by atoms with E-state index >= 15 is 0 Å². The Balaban J connectivity index is 2.26. The zero-order valence-corrected chi connectivity index (χ0v) is 9.27. The molecule has 17 heavy (non-hydrogen) atoms. The highest BCUT2D eigenvalue weighted by molar-refractivity contribution is 7.99. The third kappa shape index (κ3) is 2.46. The van der Waals surface area contributed by atoms with Crippen molar-refractivity contribution in [2.45, 2.75) is 9.99 Å². The van der Waals surface area contributed by atoms with Crippen LogP contribution in [0.15, 0.2) is 44.9 Å². The van der Waals surface area contributed by atoms with Crippen molar-refractivity contribution in [1.82, 2.24) is 4.98 Å². The summed E-state index contributed by atoms with van der Waals surface area (Å²) < 4.78 is 5.07. The predicted octanol–water partition coefficient (Wildman–Crippen LogP) is 2.40. The molecule has 2 aromatic heterocycles. The molecule has 84 valence electrons. The second-order valence-corrected chi connectivity index (χ2v) is 4.03. The molecule has 6 heteroatoms. The Morgan fingerprint density at radius 3 is 2.94 bits per heavy atom. The van der Waals surface area contributed by atoms with Crippen LogP contribution in [-0.2, 0) is 0 Å². The lowest BCUT2D eigenvalue weighted by Gasteiger charge is -1.98. The van der Waals surface area contributed by atoms with Gasteiger partial charge in [0, 0.05) is 6.20 Å². The van der Waals surface area contributed by atoms with Gasteiger partial charge in [-0.25, -0.2) is 9.78 Å². The van der Waals surface area contributed by atoms with Crippen LogP contribution in [-0.4, -0.2) is 16.1 Å². The first-order chi connectivity index (χ1) is 8.20. The Morgan fingerprint density at radius 2 is 2.29 bits per heavy atom. The SMILES string of the molecule is N#Cc1ncccc1Sc1ccc(C(=O)O)o1. The molecule has 0 fully saturated rings. The number of nitrogens with zero attached hydrogens (tertiary/aromatic N) is 2. The number of carboxylic acid groups (broad SMARTS) is 1. The van der Waals surface area contributed by atoms with Crippen LogP contribution in [0.25, 0.3) is 0 Å². The van der Waals surface area contributed by atoms with Gasteiger partial charge in [0.2, 0.25) is 5.76 Å². The van der Waals surface area contributed by atoms with Gasteiger partial charge >= 0.3 is 5.97 Å². The first-order valence-electron chi connectivity index (χ1n) is 4.57. The number of aromatic nitrogens is 1. The molecule has 0 spiro atoms. The molecular formula is C11H6N2O3S. The largest absolute Gasteiger partial charge is 0.475 e. The molecule has 0 saturated heterocycles. The predicted molar refractivity (Wildman–Crippen MR) is 58.7 cm³/mol. The van der Waals surface area contributed by atoms with Gasteiger partial charge in [-0.15, -0.1) is 0 Å². The molecule has 0 radical (unpaired) electrons. The van der Waals surface area contributed by atoms with Crippen molar-refractivity contribution >= 4 is 17.7 Å². The second-order valence-electron chi connectivity index (χ2n) is 2.99. The molecule has 0 bridgehead atoms. The Morgan fingerprint density at radius 1 is 1.47 bits per heavy atom. The number of pyridine rings is 1. The fourth-order valence-corrected chi connectivity index (χ4v) is 1.98. The molecule has 2 aromatic rings. The summed E-state index contributed by atoms with van der Waals surface area (Å²) in [5, 5.41) is 17.9. The molecular weight excluding hydrogens is 240 g/mol. The smallest absolute Gasteiger partial charge is 0.371 e. The van der Waals surface area contributed by atoms with E-state index in [9.17, 15) is 4.79 Å². The Kier molecular flexibility index (Phi) is 3.12. The highest BCUT2D eigenvalue weighted by Gasteiger charge is 2.11. The van der Waals surface area contributed by atoms with E-state index in [1.54, 1.807) is 18.2 Å². The van der Waals surface area contributed by atoms with Crippen LogP contribution >= 0.6 is 11.8 Å². The first-order valence-corrected chi connectivity index (χ1v) is 5.38. The molecule has 0 aliphatic heterocycles. The van der Waals surface area contributed by atoms with E-state index in [1.165, 1.54) is 12.3 Å². The fraction of sp³-hybridized carbons (Fsp3) is 0. The standard InChI is InChI=1S/C11H6N2O3S/c12-6-7-9(2-1-5-13-7)17-10-4-3-8(16-10)11(14)15/h1-5H,(H,14,15). The monoisotopic (exact) mass is 246 g/mol. The summed E-state index contributed by atoms with van der Waals surface area (Å²) in [6, 6.07) is 8.29. The highest BCUT2D eigenvalue weighted by Crippen LogP contribution is 2.30. The van der Waals surface area contributed by atoms with Crippen molar-refractivity contribution < 1.29 is 14.3 Å². The Bertz CT molecular complexity index is 601. The quantitative estimate of drug-likeness (QED) is 0.894. The van der Waals surface area contributed by atoms with Crippen molar-refractivity contribution in [2.75, 3.05) is 0 Å². The highest BCUT2D eigenvalue weighted by atomic mass is 32.2. The summed E-state index contributed by atoms with van der Waals surface area (Å²) in [5.74, 6) is -1.25. The maximum Gasteiger partial charge on any atom is 0.371 e. The van der Waals surface area contributed by atoms with E-state index in [0.717, 1.165) is 11.8 Å². The molecule has 0 aliphatic rings. The van der Waals surface area contributed by atoms with Crippen LogP contribution in [0.4, 0.5) is 0 Å². The minimum Gasteiger partial charge on any atom is -0.475 e. The number of furan rings is 1. The van der Waals surface area contributed by atoms with E-state index in [0.29, 0.717) is 9.99 Å². The van der Waals surface area contributed by atoms with Crippen molar-refractivity contribution in [2.24, 2.45) is 0 Å². The van der Waals surface area contributed by atoms with Gasteiger partial charge in [0.05, 0.1) is 4.90 Å². The van der Waals surface area contributed by atoms with Crippen molar-refractivity contribution in [3.8, 4) is 6.07 Å². The molecule has 0 saturated carbocycles. The van der Waals surface area contributed by atoms with Crippen molar-refractivity contribution in [3.05, 3.63) is 41.9 Å². The van der Waals surface area contributed by atoms with E-state index < -0.39 is 5.97 Å². The summed E-state index contributed by atoms with van der Waals surface area (Å²) in [7, 11) is 0. The van der Waals surface area contributed by atoms with E-state index in [4.69, 9.17) is 14.8 Å². The molecule has 0 unspecified atom stereocenters.